The summed E-state index contributed by atoms with van der Waals surface area (Å²) in [7, 11) is 0. The lowest BCUT2D eigenvalue weighted by Gasteiger charge is -2.32. The van der Waals surface area contributed by atoms with Crippen LogP contribution < -0.4 is 10.6 Å². The Morgan fingerprint density at radius 2 is 1.63 bits per heavy atom. The summed E-state index contributed by atoms with van der Waals surface area (Å²) >= 11 is 3.39. The van der Waals surface area contributed by atoms with Gasteiger partial charge in [-0.05, 0) is 65.9 Å². The van der Waals surface area contributed by atoms with Crippen molar-refractivity contribution in [2.45, 2.75) is 31.7 Å². The molecule has 1 saturated carbocycles. The van der Waals surface area contributed by atoms with E-state index in [0.29, 0.717) is 40.4 Å². The van der Waals surface area contributed by atoms with Crippen LogP contribution in [0.15, 0.2) is 53.0 Å². The smallest absolute Gasteiger partial charge is 0.256 e. The second-order valence-electron chi connectivity index (χ2n) is 7.85. The molecule has 156 valence electrons. The van der Waals surface area contributed by atoms with E-state index in [1.54, 1.807) is 47.4 Å². The minimum Gasteiger partial charge on any atom is -0.353 e. The SMILES string of the molecule is O=C(Nc1ccccc1C(=O)N1CCCC(C(=O)NC2CC2)C1)c1ccccc1Br. The van der Waals surface area contributed by atoms with Gasteiger partial charge in [0, 0.05) is 23.6 Å². The number of hydrogen-bond acceptors (Lipinski definition) is 3. The Kier molecular flexibility index (Phi) is 6.18. The average Bonchev–Trinajstić information content (AvgIpc) is 3.58. The Hall–Kier alpha value is -2.67. The van der Waals surface area contributed by atoms with Crippen LogP contribution in [0, 0.1) is 5.92 Å². The van der Waals surface area contributed by atoms with Crippen molar-refractivity contribution in [3.63, 3.8) is 0 Å². The van der Waals surface area contributed by atoms with Crippen molar-refractivity contribution >= 4 is 39.3 Å². The van der Waals surface area contributed by atoms with Crippen molar-refractivity contribution in [1.29, 1.82) is 0 Å². The number of para-hydroxylation sites is 1. The maximum absolute atomic E-state index is 13.2. The lowest BCUT2D eigenvalue weighted by Crippen LogP contribution is -2.46. The summed E-state index contributed by atoms with van der Waals surface area (Å²) in [6.07, 6.45) is 3.68. The standard InChI is InChI=1S/C23H24BrN3O3/c24-19-9-3-1-7-17(19)22(29)26-20-10-4-2-8-18(20)23(30)27-13-5-6-15(14-27)21(28)25-16-11-12-16/h1-4,7-10,15-16H,5-6,11-14H2,(H,25,28)(H,26,29). The minimum atomic E-state index is -0.289. The van der Waals surface area contributed by atoms with Crippen molar-refractivity contribution in [3.05, 3.63) is 64.1 Å². The summed E-state index contributed by atoms with van der Waals surface area (Å²) in [5.41, 5.74) is 1.39. The van der Waals surface area contributed by atoms with Crippen LogP contribution in [0.1, 0.15) is 46.4 Å². The number of carbonyl (C=O) groups is 3. The van der Waals surface area contributed by atoms with Crippen LogP contribution >= 0.6 is 15.9 Å². The molecule has 7 heteroatoms. The van der Waals surface area contributed by atoms with Gasteiger partial charge in [-0.2, -0.15) is 0 Å². The van der Waals surface area contributed by atoms with Gasteiger partial charge in [-0.1, -0.05) is 24.3 Å². The summed E-state index contributed by atoms with van der Waals surface area (Å²) in [4.78, 5) is 40.1. The highest BCUT2D eigenvalue weighted by atomic mass is 79.9. The van der Waals surface area contributed by atoms with Gasteiger partial charge in [-0.25, -0.2) is 0 Å². The van der Waals surface area contributed by atoms with Crippen LogP contribution in [0.4, 0.5) is 5.69 Å². The van der Waals surface area contributed by atoms with Crippen molar-refractivity contribution in [1.82, 2.24) is 10.2 Å². The van der Waals surface area contributed by atoms with E-state index in [0.717, 1.165) is 25.7 Å². The molecule has 4 rings (SSSR count). The van der Waals surface area contributed by atoms with Crippen LogP contribution in [0.25, 0.3) is 0 Å². The summed E-state index contributed by atoms with van der Waals surface area (Å²) in [6, 6.07) is 14.5. The normalized spacial score (nSPS) is 18.6. The first kappa shape index (κ1) is 20.6. The number of amides is 3. The van der Waals surface area contributed by atoms with Gasteiger partial charge < -0.3 is 15.5 Å². The number of carbonyl (C=O) groups excluding carboxylic acids is 3. The highest BCUT2D eigenvalue weighted by molar-refractivity contribution is 9.10. The maximum atomic E-state index is 13.2. The van der Waals surface area contributed by atoms with Gasteiger partial charge in [0.1, 0.15) is 0 Å². The van der Waals surface area contributed by atoms with Gasteiger partial charge in [-0.3, -0.25) is 14.4 Å². The van der Waals surface area contributed by atoms with Crippen molar-refractivity contribution < 1.29 is 14.4 Å². The average molecular weight is 470 g/mol. The van der Waals surface area contributed by atoms with E-state index in [-0.39, 0.29) is 23.6 Å². The van der Waals surface area contributed by atoms with Crippen LogP contribution in [0.5, 0.6) is 0 Å². The van der Waals surface area contributed by atoms with E-state index in [9.17, 15) is 14.4 Å². The topological polar surface area (TPSA) is 78.5 Å². The second-order valence-corrected chi connectivity index (χ2v) is 8.71. The zero-order valence-corrected chi connectivity index (χ0v) is 18.2. The van der Waals surface area contributed by atoms with E-state index in [1.807, 2.05) is 6.07 Å². The molecule has 2 N–H and O–H groups in total. The largest absolute Gasteiger partial charge is 0.353 e. The number of nitrogens with zero attached hydrogens (tertiary/aromatic N) is 1. The van der Waals surface area contributed by atoms with E-state index in [4.69, 9.17) is 0 Å². The molecular formula is C23H24BrN3O3. The number of nitrogens with one attached hydrogen (secondary N) is 2. The van der Waals surface area contributed by atoms with Gasteiger partial charge >= 0.3 is 0 Å². The fraction of sp³-hybridized carbons (Fsp3) is 0.348. The lowest BCUT2D eigenvalue weighted by atomic mass is 9.96. The van der Waals surface area contributed by atoms with Gasteiger partial charge in [0.25, 0.3) is 11.8 Å². The third-order valence-corrected chi connectivity index (χ3v) is 6.22. The molecule has 1 saturated heterocycles. The molecule has 0 radical (unpaired) electrons. The molecule has 2 aromatic carbocycles. The van der Waals surface area contributed by atoms with Crippen molar-refractivity contribution in [2.75, 3.05) is 18.4 Å². The molecule has 0 bridgehead atoms. The molecule has 6 nitrogen and oxygen atoms in total. The monoisotopic (exact) mass is 469 g/mol. The zero-order valence-electron chi connectivity index (χ0n) is 16.6. The Morgan fingerprint density at radius 3 is 2.37 bits per heavy atom. The maximum Gasteiger partial charge on any atom is 0.256 e. The first-order valence-corrected chi connectivity index (χ1v) is 11.1. The molecule has 1 aliphatic heterocycles. The van der Waals surface area contributed by atoms with Gasteiger partial charge in [0.05, 0.1) is 22.7 Å². The van der Waals surface area contributed by atoms with Crippen LogP contribution in [0.3, 0.4) is 0 Å². The lowest BCUT2D eigenvalue weighted by molar-refractivity contribution is -0.126. The van der Waals surface area contributed by atoms with E-state index in [2.05, 4.69) is 26.6 Å². The predicted octanol–water partition coefficient (Wildman–Crippen LogP) is 3.83. The molecule has 2 aromatic rings. The molecule has 2 aliphatic rings. The first-order valence-electron chi connectivity index (χ1n) is 10.3. The van der Waals surface area contributed by atoms with Crippen LogP contribution in [-0.4, -0.2) is 41.8 Å². The molecule has 1 atom stereocenters. The zero-order chi connectivity index (χ0) is 21.1. The number of hydrogen-bond donors (Lipinski definition) is 2. The van der Waals surface area contributed by atoms with Gasteiger partial charge in [0.15, 0.2) is 0 Å². The highest BCUT2D eigenvalue weighted by Gasteiger charge is 2.32. The number of rotatable bonds is 5. The molecular weight excluding hydrogens is 446 g/mol. The molecule has 0 spiro atoms. The molecule has 1 unspecified atom stereocenters. The molecule has 2 fully saturated rings. The summed E-state index contributed by atoms with van der Waals surface area (Å²) < 4.78 is 0.687. The van der Waals surface area contributed by atoms with Crippen LogP contribution in [-0.2, 0) is 4.79 Å². The third-order valence-electron chi connectivity index (χ3n) is 5.53. The molecule has 0 aromatic heterocycles. The first-order chi connectivity index (χ1) is 14.5. The van der Waals surface area contributed by atoms with Gasteiger partial charge in [-0.15, -0.1) is 0 Å². The van der Waals surface area contributed by atoms with Gasteiger partial charge in [0.2, 0.25) is 5.91 Å². The molecule has 3 amide bonds. The number of halogens is 1. The quantitative estimate of drug-likeness (QED) is 0.698. The molecule has 1 aliphatic carbocycles. The Morgan fingerprint density at radius 1 is 0.933 bits per heavy atom. The predicted molar refractivity (Wildman–Crippen MR) is 118 cm³/mol. The fourth-order valence-corrected chi connectivity index (χ4v) is 4.17. The summed E-state index contributed by atoms with van der Waals surface area (Å²) in [6.45, 7) is 1.02. The number of piperidine rings is 1. The molecule has 30 heavy (non-hydrogen) atoms. The Bertz CT molecular complexity index is 974. The van der Waals surface area contributed by atoms with Crippen LogP contribution in [0.2, 0.25) is 0 Å². The summed E-state index contributed by atoms with van der Waals surface area (Å²) in [5.74, 6) is -0.583. The van der Waals surface area contributed by atoms with E-state index < -0.39 is 0 Å². The highest BCUT2D eigenvalue weighted by Crippen LogP contribution is 2.25. The second kappa shape index (κ2) is 9.00. The Balaban J connectivity index is 1.48. The number of benzene rings is 2. The summed E-state index contributed by atoms with van der Waals surface area (Å²) in [5, 5.41) is 5.91. The van der Waals surface area contributed by atoms with Crippen molar-refractivity contribution in [3.8, 4) is 0 Å². The Labute approximate surface area is 184 Å². The van der Waals surface area contributed by atoms with E-state index in [1.165, 1.54) is 0 Å². The minimum absolute atomic E-state index is 0.0468. The van der Waals surface area contributed by atoms with E-state index >= 15 is 0 Å². The number of likely N-dealkylation sites (tertiary alicyclic amines) is 1. The molecule has 1 heterocycles. The van der Waals surface area contributed by atoms with Crippen molar-refractivity contribution in [2.24, 2.45) is 5.92 Å². The number of anilines is 1. The third kappa shape index (κ3) is 4.73. The fourth-order valence-electron chi connectivity index (χ4n) is 3.71.